The van der Waals surface area contributed by atoms with Crippen LogP contribution in [0.3, 0.4) is 0 Å². The number of pyridine rings is 1. The number of nitrogens with zero attached hydrogens (tertiary/aromatic N) is 2. The molecular weight excluding hydrogens is 309 g/mol. The number of hydrogen-bond donors (Lipinski definition) is 1. The van der Waals surface area contributed by atoms with E-state index in [1.165, 1.54) is 23.4 Å². The number of nitriles is 1. The lowest BCUT2D eigenvalue weighted by molar-refractivity contribution is 0.595. The van der Waals surface area contributed by atoms with Crippen molar-refractivity contribution in [1.82, 2.24) is 10.3 Å². The smallest absolute Gasteiger partial charge is 0.146 e. The normalized spacial score (nSPS) is 11.9. The summed E-state index contributed by atoms with van der Waals surface area (Å²) >= 11 is 1.53. The molecule has 120 valence electrons. The van der Waals surface area contributed by atoms with Crippen molar-refractivity contribution in [3.63, 3.8) is 0 Å². The molecule has 1 atom stereocenters. The Kier molecular flexibility index (Phi) is 6.57. The number of rotatable bonds is 7. The minimum absolute atomic E-state index is 0.165. The molecule has 5 heteroatoms. The minimum Gasteiger partial charge on any atom is -0.320 e. The number of thioether (sulfide) groups is 1. The van der Waals surface area contributed by atoms with Crippen LogP contribution in [0, 0.1) is 17.1 Å². The molecule has 0 unspecified atom stereocenters. The van der Waals surface area contributed by atoms with Gasteiger partial charge >= 0.3 is 0 Å². The maximum Gasteiger partial charge on any atom is 0.146 e. The average Bonchev–Trinajstić information content (AvgIpc) is 2.60. The highest BCUT2D eigenvalue weighted by atomic mass is 32.2. The van der Waals surface area contributed by atoms with Gasteiger partial charge in [-0.25, -0.2) is 9.37 Å². The number of aryl methyl sites for hydroxylation is 1. The van der Waals surface area contributed by atoms with Crippen molar-refractivity contribution in [3.8, 4) is 6.07 Å². The van der Waals surface area contributed by atoms with Gasteiger partial charge in [-0.1, -0.05) is 49.0 Å². The minimum atomic E-state index is -0.403. The summed E-state index contributed by atoms with van der Waals surface area (Å²) in [6.07, 6.45) is 1.41. The molecule has 3 nitrogen and oxygen atoms in total. The quantitative estimate of drug-likeness (QED) is 0.777. The molecule has 0 saturated heterocycles. The van der Waals surface area contributed by atoms with Gasteiger partial charge in [0.2, 0.25) is 0 Å². The first-order valence-corrected chi connectivity index (χ1v) is 8.53. The van der Waals surface area contributed by atoms with Crippen LogP contribution < -0.4 is 5.32 Å². The molecule has 0 fully saturated rings. The second kappa shape index (κ2) is 8.66. The average molecular weight is 329 g/mol. The molecule has 0 saturated carbocycles. The van der Waals surface area contributed by atoms with E-state index in [0.717, 1.165) is 13.0 Å². The monoisotopic (exact) mass is 329 g/mol. The van der Waals surface area contributed by atoms with Crippen molar-refractivity contribution in [2.75, 3.05) is 13.6 Å². The van der Waals surface area contributed by atoms with E-state index in [0.29, 0.717) is 22.7 Å². The first-order valence-electron chi connectivity index (χ1n) is 7.65. The van der Waals surface area contributed by atoms with Gasteiger partial charge in [0.15, 0.2) is 0 Å². The fraction of sp³-hybridized carbons (Fsp3) is 0.333. The van der Waals surface area contributed by atoms with Crippen molar-refractivity contribution in [2.24, 2.45) is 0 Å². The van der Waals surface area contributed by atoms with Gasteiger partial charge in [0.1, 0.15) is 16.9 Å². The number of hydrogen-bond acceptors (Lipinski definition) is 4. The number of nitrogens with one attached hydrogen (secondary N) is 1. The van der Waals surface area contributed by atoms with E-state index in [9.17, 15) is 9.65 Å². The Labute approximate surface area is 140 Å². The maximum atomic E-state index is 13.8. The summed E-state index contributed by atoms with van der Waals surface area (Å²) in [6, 6.07) is 13.5. The van der Waals surface area contributed by atoms with Gasteiger partial charge in [0.05, 0.1) is 11.3 Å². The Bertz CT molecular complexity index is 683. The zero-order valence-corrected chi connectivity index (χ0v) is 14.2. The van der Waals surface area contributed by atoms with Gasteiger partial charge in [-0.05, 0) is 38.1 Å². The summed E-state index contributed by atoms with van der Waals surface area (Å²) in [5.74, 6) is -0.403. The van der Waals surface area contributed by atoms with Crippen molar-refractivity contribution < 1.29 is 4.39 Å². The van der Waals surface area contributed by atoms with Gasteiger partial charge < -0.3 is 5.32 Å². The summed E-state index contributed by atoms with van der Waals surface area (Å²) in [5, 5.41) is 13.2. The molecule has 23 heavy (non-hydrogen) atoms. The largest absolute Gasteiger partial charge is 0.320 e. The Morgan fingerprint density at radius 3 is 2.70 bits per heavy atom. The van der Waals surface area contributed by atoms with Crippen LogP contribution in [0.4, 0.5) is 4.39 Å². The molecule has 2 rings (SSSR count). The van der Waals surface area contributed by atoms with Crippen LogP contribution in [0.5, 0.6) is 0 Å². The molecule has 0 radical (unpaired) electrons. The molecule has 1 aromatic carbocycles. The summed E-state index contributed by atoms with van der Waals surface area (Å²) in [7, 11) is 1.92. The Hall–Kier alpha value is -1.90. The SMILES string of the molecule is CCc1nc(S[C@H](CCNC)c2ccccc2)c(C#N)cc1F. The topological polar surface area (TPSA) is 48.7 Å². The van der Waals surface area contributed by atoms with E-state index < -0.39 is 5.82 Å². The molecule has 2 aromatic rings. The van der Waals surface area contributed by atoms with Gasteiger partial charge in [-0.2, -0.15) is 5.26 Å². The highest BCUT2D eigenvalue weighted by molar-refractivity contribution is 7.99. The Morgan fingerprint density at radius 2 is 2.09 bits per heavy atom. The zero-order valence-electron chi connectivity index (χ0n) is 13.3. The lowest BCUT2D eigenvalue weighted by Gasteiger charge is -2.17. The highest BCUT2D eigenvalue weighted by Gasteiger charge is 2.18. The molecule has 0 bridgehead atoms. The molecule has 0 aliphatic heterocycles. The van der Waals surface area contributed by atoms with E-state index in [1.54, 1.807) is 0 Å². The molecular formula is C18H20FN3S. The maximum absolute atomic E-state index is 13.8. The zero-order chi connectivity index (χ0) is 16.7. The second-order valence-electron chi connectivity index (χ2n) is 5.14. The first-order chi connectivity index (χ1) is 11.2. The third kappa shape index (κ3) is 4.54. The standard InChI is InChI=1S/C18H20FN3S/c1-3-16-15(19)11-14(12-20)18(22-16)23-17(9-10-21-2)13-7-5-4-6-8-13/h4-8,11,17,21H,3,9-10H2,1-2H3/t17-/m1/s1. The van der Waals surface area contributed by atoms with E-state index in [4.69, 9.17) is 0 Å². The Morgan fingerprint density at radius 1 is 1.35 bits per heavy atom. The van der Waals surface area contributed by atoms with Crippen molar-refractivity contribution in [2.45, 2.75) is 30.0 Å². The van der Waals surface area contributed by atoms with Gasteiger partial charge in [-0.15, -0.1) is 0 Å². The fourth-order valence-corrected chi connectivity index (χ4v) is 3.49. The van der Waals surface area contributed by atoms with E-state index >= 15 is 0 Å². The van der Waals surface area contributed by atoms with Crippen molar-refractivity contribution in [1.29, 1.82) is 5.26 Å². The molecule has 0 amide bonds. The third-order valence-electron chi connectivity index (χ3n) is 3.55. The predicted molar refractivity (Wildman–Crippen MR) is 91.9 cm³/mol. The molecule has 1 N–H and O–H groups in total. The third-order valence-corrected chi connectivity index (χ3v) is 4.88. The van der Waals surface area contributed by atoms with Gasteiger partial charge in [0.25, 0.3) is 0 Å². The van der Waals surface area contributed by atoms with E-state index in [-0.39, 0.29) is 5.25 Å². The van der Waals surface area contributed by atoms with E-state index in [2.05, 4.69) is 28.5 Å². The lowest BCUT2D eigenvalue weighted by Crippen LogP contribution is -2.11. The van der Waals surface area contributed by atoms with E-state index in [1.807, 2.05) is 32.2 Å². The van der Waals surface area contributed by atoms with Crippen molar-refractivity contribution >= 4 is 11.8 Å². The molecule has 1 aromatic heterocycles. The lowest BCUT2D eigenvalue weighted by atomic mass is 10.1. The van der Waals surface area contributed by atoms with Crippen LogP contribution in [0.15, 0.2) is 41.4 Å². The molecule has 0 aliphatic carbocycles. The predicted octanol–water partition coefficient (Wildman–Crippen LogP) is 4.10. The molecule has 1 heterocycles. The molecule has 0 spiro atoms. The number of aromatic nitrogens is 1. The Balaban J connectivity index is 2.34. The highest BCUT2D eigenvalue weighted by Crippen LogP contribution is 2.38. The second-order valence-corrected chi connectivity index (χ2v) is 6.34. The van der Waals surface area contributed by atoms with Crippen molar-refractivity contribution in [3.05, 3.63) is 59.0 Å². The summed E-state index contributed by atoms with van der Waals surface area (Å²) in [4.78, 5) is 4.38. The van der Waals surface area contributed by atoms with Crippen LogP contribution in [-0.4, -0.2) is 18.6 Å². The first kappa shape index (κ1) is 17.5. The van der Waals surface area contributed by atoms with Crippen LogP contribution in [0.25, 0.3) is 0 Å². The van der Waals surface area contributed by atoms with Crippen LogP contribution in [0.1, 0.15) is 35.4 Å². The summed E-state index contributed by atoms with van der Waals surface area (Å²) < 4.78 is 13.8. The molecule has 0 aliphatic rings. The summed E-state index contributed by atoms with van der Waals surface area (Å²) in [5.41, 5.74) is 1.89. The number of halogens is 1. The number of benzene rings is 1. The van der Waals surface area contributed by atoms with Gasteiger partial charge in [-0.3, -0.25) is 0 Å². The van der Waals surface area contributed by atoms with Crippen LogP contribution in [-0.2, 0) is 6.42 Å². The summed E-state index contributed by atoms with van der Waals surface area (Å²) in [6.45, 7) is 2.72. The van der Waals surface area contributed by atoms with Crippen LogP contribution >= 0.6 is 11.8 Å². The van der Waals surface area contributed by atoms with Crippen LogP contribution in [0.2, 0.25) is 0 Å². The van der Waals surface area contributed by atoms with Gasteiger partial charge in [0, 0.05) is 5.25 Å². The fourth-order valence-electron chi connectivity index (χ4n) is 2.30.